The summed E-state index contributed by atoms with van der Waals surface area (Å²) in [5.74, 6) is 0.00424. The number of carbonyl (C=O) groups excluding carboxylic acids is 3. The largest absolute Gasteiger partial charge is 0.427 e. The standard InChI is InChI=1S/C25H25N5O5S/c1-14-10-15-11-16(5-6-20(15)30(14)25(33)35-24(26)32)28-18-7-8-27-19-12-21(36-22(18)19)23(31)29-9-3-4-17(29)13-34-2/h5-8,10-12,17H,3-4,9,13H2,1-2H3,(H2,26,32)(H,27,28). The first-order valence-corrected chi connectivity index (χ1v) is 12.3. The van der Waals surface area contributed by atoms with Crippen molar-refractivity contribution in [3.8, 4) is 0 Å². The molecule has 1 aromatic carbocycles. The molecule has 0 radical (unpaired) electrons. The maximum absolute atomic E-state index is 13.2. The van der Waals surface area contributed by atoms with Crippen molar-refractivity contribution in [1.29, 1.82) is 0 Å². The van der Waals surface area contributed by atoms with Gasteiger partial charge in [0.25, 0.3) is 5.91 Å². The second-order valence-electron chi connectivity index (χ2n) is 8.64. The highest BCUT2D eigenvalue weighted by molar-refractivity contribution is 7.21. The van der Waals surface area contributed by atoms with Crippen LogP contribution in [0.3, 0.4) is 0 Å². The summed E-state index contributed by atoms with van der Waals surface area (Å²) in [6.07, 6.45) is 1.61. The fourth-order valence-corrected chi connectivity index (χ4v) is 5.75. The van der Waals surface area contributed by atoms with E-state index in [-0.39, 0.29) is 11.9 Å². The smallest absolute Gasteiger partial charge is 0.383 e. The van der Waals surface area contributed by atoms with Gasteiger partial charge in [-0.1, -0.05) is 0 Å². The summed E-state index contributed by atoms with van der Waals surface area (Å²) in [4.78, 5) is 43.5. The van der Waals surface area contributed by atoms with Crippen LogP contribution >= 0.6 is 11.3 Å². The molecule has 1 fully saturated rings. The predicted molar refractivity (Wildman–Crippen MR) is 137 cm³/mol. The Kier molecular flexibility index (Phi) is 6.33. The molecule has 11 heteroatoms. The van der Waals surface area contributed by atoms with Crippen molar-refractivity contribution < 1.29 is 23.9 Å². The zero-order chi connectivity index (χ0) is 25.4. The summed E-state index contributed by atoms with van der Waals surface area (Å²) < 4.78 is 12.0. The van der Waals surface area contributed by atoms with Gasteiger partial charge in [0.05, 0.1) is 38.9 Å². The van der Waals surface area contributed by atoms with Crippen LogP contribution in [0.1, 0.15) is 28.2 Å². The van der Waals surface area contributed by atoms with E-state index in [1.165, 1.54) is 15.9 Å². The number of fused-ring (bicyclic) bond motifs is 2. The number of carbonyl (C=O) groups is 3. The van der Waals surface area contributed by atoms with Crippen molar-refractivity contribution in [3.63, 3.8) is 0 Å². The summed E-state index contributed by atoms with van der Waals surface area (Å²) in [5.41, 5.74) is 8.53. The molecule has 1 unspecified atom stereocenters. The lowest BCUT2D eigenvalue weighted by Crippen LogP contribution is -2.37. The topological polar surface area (TPSA) is 129 Å². The van der Waals surface area contributed by atoms with Crippen LogP contribution in [0.15, 0.2) is 42.6 Å². The van der Waals surface area contributed by atoms with Crippen LogP contribution in [-0.4, -0.2) is 58.8 Å². The number of methoxy groups -OCH3 is 1. The number of primary amides is 1. The van der Waals surface area contributed by atoms with E-state index >= 15 is 0 Å². The Labute approximate surface area is 210 Å². The van der Waals surface area contributed by atoms with Gasteiger partial charge in [-0.2, -0.15) is 0 Å². The van der Waals surface area contributed by atoms with Crippen LogP contribution in [0, 0.1) is 6.92 Å². The second-order valence-corrected chi connectivity index (χ2v) is 9.69. The average molecular weight is 508 g/mol. The van der Waals surface area contributed by atoms with Gasteiger partial charge >= 0.3 is 12.2 Å². The van der Waals surface area contributed by atoms with Gasteiger partial charge in [-0.15, -0.1) is 11.3 Å². The van der Waals surface area contributed by atoms with Crippen molar-refractivity contribution in [2.24, 2.45) is 5.73 Å². The molecule has 3 N–H and O–H groups in total. The quantitative estimate of drug-likeness (QED) is 0.377. The zero-order valence-electron chi connectivity index (χ0n) is 19.8. The number of likely N-dealkylation sites (tertiary alicyclic amines) is 1. The number of thiophene rings is 1. The van der Waals surface area contributed by atoms with Crippen molar-refractivity contribution >= 4 is 61.9 Å². The van der Waals surface area contributed by atoms with Gasteiger partial charge in [0.2, 0.25) is 0 Å². The monoisotopic (exact) mass is 507 g/mol. The molecule has 1 atom stereocenters. The SMILES string of the molecule is COCC1CCCN1C(=O)c1cc2nccc(Nc3ccc4c(c3)cc(C)n4C(=O)OC(N)=O)c2s1. The van der Waals surface area contributed by atoms with Gasteiger partial charge in [-0.05, 0) is 56.2 Å². The van der Waals surface area contributed by atoms with E-state index in [1.54, 1.807) is 26.3 Å². The summed E-state index contributed by atoms with van der Waals surface area (Å²) in [7, 11) is 1.66. The molecule has 1 aliphatic rings. The van der Waals surface area contributed by atoms with E-state index < -0.39 is 12.2 Å². The maximum Gasteiger partial charge on any atom is 0.427 e. The number of nitrogens with zero attached hydrogens (tertiary/aromatic N) is 3. The third-order valence-corrected chi connectivity index (χ3v) is 7.40. The minimum atomic E-state index is -1.16. The lowest BCUT2D eigenvalue weighted by molar-refractivity contribution is 0.0635. The number of aryl methyl sites for hydroxylation is 1. The van der Waals surface area contributed by atoms with Gasteiger partial charge in [0.15, 0.2) is 0 Å². The minimum absolute atomic E-state index is 0.00424. The molecular weight excluding hydrogens is 482 g/mol. The molecule has 2 amide bonds. The van der Waals surface area contributed by atoms with Gasteiger partial charge in [0, 0.05) is 36.6 Å². The molecule has 1 aliphatic heterocycles. The number of hydrogen-bond donors (Lipinski definition) is 2. The Morgan fingerprint density at radius 3 is 2.83 bits per heavy atom. The Hall–Kier alpha value is -3.96. The number of rotatable bonds is 5. The normalized spacial score (nSPS) is 15.5. The number of hydrogen-bond acceptors (Lipinski definition) is 8. The number of ether oxygens (including phenoxy) is 2. The number of pyridine rings is 1. The Morgan fingerprint density at radius 1 is 1.22 bits per heavy atom. The minimum Gasteiger partial charge on any atom is -0.383 e. The van der Waals surface area contributed by atoms with Gasteiger partial charge in [-0.3, -0.25) is 9.78 Å². The molecule has 1 saturated heterocycles. The number of nitrogens with one attached hydrogen (secondary N) is 1. The van der Waals surface area contributed by atoms with E-state index in [0.717, 1.165) is 46.4 Å². The molecule has 10 nitrogen and oxygen atoms in total. The van der Waals surface area contributed by atoms with Gasteiger partial charge in [0.1, 0.15) is 0 Å². The van der Waals surface area contributed by atoms with E-state index in [9.17, 15) is 14.4 Å². The van der Waals surface area contributed by atoms with Gasteiger partial charge < -0.3 is 25.4 Å². The lowest BCUT2D eigenvalue weighted by atomic mass is 10.2. The van der Waals surface area contributed by atoms with Gasteiger partial charge in [-0.25, -0.2) is 14.2 Å². The highest BCUT2D eigenvalue weighted by Gasteiger charge is 2.30. The molecule has 0 spiro atoms. The van der Waals surface area contributed by atoms with Crippen molar-refractivity contribution in [1.82, 2.24) is 14.5 Å². The number of nitrogens with two attached hydrogens (primary N) is 1. The van der Waals surface area contributed by atoms with Crippen molar-refractivity contribution in [2.75, 3.05) is 25.6 Å². The second kappa shape index (κ2) is 9.59. The highest BCUT2D eigenvalue weighted by Crippen LogP contribution is 2.35. The van der Waals surface area contributed by atoms with Crippen LogP contribution in [0.25, 0.3) is 21.1 Å². The maximum atomic E-state index is 13.2. The van der Waals surface area contributed by atoms with Crippen LogP contribution in [-0.2, 0) is 9.47 Å². The highest BCUT2D eigenvalue weighted by atomic mass is 32.1. The lowest BCUT2D eigenvalue weighted by Gasteiger charge is -2.23. The molecule has 4 aromatic rings. The molecular formula is C25H25N5O5S. The molecule has 36 heavy (non-hydrogen) atoms. The van der Waals surface area contributed by atoms with Crippen LogP contribution in [0.5, 0.6) is 0 Å². The molecule has 0 aliphatic carbocycles. The van der Waals surface area contributed by atoms with Crippen LogP contribution < -0.4 is 11.1 Å². The molecule has 0 bridgehead atoms. The van der Waals surface area contributed by atoms with Crippen molar-refractivity contribution in [3.05, 3.63) is 53.2 Å². The molecule has 5 rings (SSSR count). The number of benzene rings is 1. The van der Waals surface area contributed by atoms with Crippen LogP contribution in [0.4, 0.5) is 21.0 Å². The third-order valence-electron chi connectivity index (χ3n) is 6.25. The van der Waals surface area contributed by atoms with Crippen molar-refractivity contribution in [2.45, 2.75) is 25.8 Å². The van der Waals surface area contributed by atoms with E-state index in [2.05, 4.69) is 15.0 Å². The fourth-order valence-electron chi connectivity index (χ4n) is 4.71. The zero-order valence-corrected chi connectivity index (χ0v) is 20.6. The Balaban J connectivity index is 1.43. The summed E-state index contributed by atoms with van der Waals surface area (Å²) in [6.45, 7) is 3.00. The number of amides is 2. The third kappa shape index (κ3) is 4.38. The first kappa shape index (κ1) is 23.8. The molecule has 4 heterocycles. The number of aromatic nitrogens is 2. The van der Waals surface area contributed by atoms with E-state index in [1.807, 2.05) is 35.2 Å². The first-order chi connectivity index (χ1) is 17.4. The summed E-state index contributed by atoms with van der Waals surface area (Å²) in [6, 6.07) is 11.1. The molecule has 3 aromatic heterocycles. The molecule has 186 valence electrons. The summed E-state index contributed by atoms with van der Waals surface area (Å²) in [5, 5.41) is 4.19. The van der Waals surface area contributed by atoms with E-state index in [0.29, 0.717) is 22.7 Å². The molecule has 0 saturated carbocycles. The summed E-state index contributed by atoms with van der Waals surface area (Å²) >= 11 is 1.41. The first-order valence-electron chi connectivity index (χ1n) is 11.4. The predicted octanol–water partition coefficient (Wildman–Crippen LogP) is 4.62. The Morgan fingerprint density at radius 2 is 2.06 bits per heavy atom. The van der Waals surface area contributed by atoms with E-state index in [4.69, 9.17) is 10.5 Å². The van der Waals surface area contributed by atoms with Crippen LogP contribution in [0.2, 0.25) is 0 Å². The fraction of sp³-hybridized carbons (Fsp3) is 0.280. The number of anilines is 2. The Bertz CT molecular complexity index is 1490. The average Bonchev–Trinajstić information content (AvgIpc) is 3.54.